The predicted molar refractivity (Wildman–Crippen MR) is 103 cm³/mol. The number of phosphoric ester groups is 2. The second kappa shape index (κ2) is 9.36. The first-order valence-electron chi connectivity index (χ1n) is 9.51. The molecule has 1 saturated carbocycles. The zero-order valence-corrected chi connectivity index (χ0v) is 19.3. The van der Waals surface area contributed by atoms with Crippen LogP contribution in [0.4, 0.5) is 0 Å². The molecule has 1 aliphatic carbocycles. The van der Waals surface area contributed by atoms with Crippen molar-refractivity contribution >= 4 is 15.6 Å². The van der Waals surface area contributed by atoms with E-state index >= 15 is 0 Å². The van der Waals surface area contributed by atoms with Gasteiger partial charge in [0.05, 0.1) is 18.3 Å². The van der Waals surface area contributed by atoms with Crippen molar-refractivity contribution in [3.05, 3.63) is 0 Å². The van der Waals surface area contributed by atoms with E-state index in [1.807, 2.05) is 41.5 Å². The lowest BCUT2D eigenvalue weighted by molar-refractivity contribution is -0.0960. The molecule has 0 aromatic heterocycles. The molecule has 5 atom stereocenters. The number of phosphoric acid groups is 2. The molecule has 1 aliphatic rings. The Labute approximate surface area is 162 Å². The van der Waals surface area contributed by atoms with E-state index in [0.717, 1.165) is 0 Å². The molecule has 8 nitrogen and oxygen atoms in total. The van der Waals surface area contributed by atoms with Crippen molar-refractivity contribution in [1.29, 1.82) is 0 Å². The number of rotatable bonds is 8. The van der Waals surface area contributed by atoms with Crippen LogP contribution in [0.5, 0.6) is 0 Å². The highest BCUT2D eigenvalue weighted by Crippen LogP contribution is 2.54. The third kappa shape index (κ3) is 6.90. The summed E-state index contributed by atoms with van der Waals surface area (Å²) >= 11 is 0. The van der Waals surface area contributed by atoms with Crippen LogP contribution in [0.25, 0.3) is 0 Å². The summed E-state index contributed by atoms with van der Waals surface area (Å²) in [6.45, 7) is 15.0. The first kappa shape index (κ1) is 25.3. The van der Waals surface area contributed by atoms with Crippen LogP contribution in [0, 0.1) is 35.5 Å². The summed E-state index contributed by atoms with van der Waals surface area (Å²) in [4.78, 5) is 28.7. The van der Waals surface area contributed by atoms with Gasteiger partial charge in [0, 0.05) is 0 Å². The van der Waals surface area contributed by atoms with E-state index in [0.29, 0.717) is 0 Å². The zero-order chi connectivity index (χ0) is 21.3. The molecular formula is C17H36O8P2. The van der Waals surface area contributed by atoms with Crippen molar-refractivity contribution < 1.29 is 37.4 Å². The van der Waals surface area contributed by atoms with E-state index < -0.39 is 34.0 Å². The molecule has 0 aliphatic heterocycles. The maximum Gasteiger partial charge on any atom is 0.472 e. The molecule has 27 heavy (non-hydrogen) atoms. The topological polar surface area (TPSA) is 123 Å². The van der Waals surface area contributed by atoms with Gasteiger partial charge >= 0.3 is 15.6 Å². The summed E-state index contributed by atoms with van der Waals surface area (Å²) in [5.74, 6) is -0.968. The van der Waals surface area contributed by atoms with Crippen LogP contribution in [0.15, 0.2) is 0 Å². The van der Waals surface area contributed by atoms with Crippen molar-refractivity contribution in [3.63, 3.8) is 0 Å². The van der Waals surface area contributed by atoms with Gasteiger partial charge in [0.25, 0.3) is 0 Å². The molecule has 3 N–H and O–H groups in total. The van der Waals surface area contributed by atoms with Gasteiger partial charge in [0.2, 0.25) is 0 Å². The quantitative estimate of drug-likeness (QED) is 0.490. The summed E-state index contributed by atoms with van der Waals surface area (Å²) in [6, 6.07) is 0. The van der Waals surface area contributed by atoms with E-state index in [4.69, 9.17) is 13.6 Å². The Kier molecular flexibility index (Phi) is 8.75. The van der Waals surface area contributed by atoms with Crippen LogP contribution in [0.2, 0.25) is 0 Å². The lowest BCUT2D eigenvalue weighted by Gasteiger charge is -2.47. The van der Waals surface area contributed by atoms with Crippen molar-refractivity contribution in [1.82, 2.24) is 0 Å². The summed E-state index contributed by atoms with van der Waals surface area (Å²) in [5.41, 5.74) is 0. The minimum Gasteiger partial charge on any atom is -0.303 e. The Morgan fingerprint density at radius 2 is 1.04 bits per heavy atom. The molecule has 5 unspecified atom stereocenters. The highest BCUT2D eigenvalue weighted by molar-refractivity contribution is 7.47. The molecule has 0 bridgehead atoms. The summed E-state index contributed by atoms with van der Waals surface area (Å²) in [7, 11) is -8.94. The van der Waals surface area contributed by atoms with Gasteiger partial charge in [-0.1, -0.05) is 55.4 Å². The Hall–Kier alpha value is 0.220. The Balaban J connectivity index is 2.97. The summed E-state index contributed by atoms with van der Waals surface area (Å²) < 4.78 is 40.0. The normalized spacial score (nSPS) is 35.0. The fourth-order valence-electron chi connectivity index (χ4n) is 4.04. The molecule has 0 aromatic carbocycles. The van der Waals surface area contributed by atoms with Crippen LogP contribution >= 0.6 is 15.6 Å². The lowest BCUT2D eigenvalue weighted by Crippen LogP contribution is -2.50. The molecule has 162 valence electrons. The molecule has 0 amide bonds. The van der Waals surface area contributed by atoms with Gasteiger partial charge in [-0.3, -0.25) is 13.6 Å². The van der Waals surface area contributed by atoms with Crippen LogP contribution in [0.3, 0.4) is 0 Å². The monoisotopic (exact) mass is 430 g/mol. The Morgan fingerprint density at radius 3 is 1.33 bits per heavy atom. The van der Waals surface area contributed by atoms with Crippen molar-refractivity contribution in [3.8, 4) is 0 Å². The minimum absolute atomic E-state index is 0.0501. The van der Waals surface area contributed by atoms with Crippen LogP contribution in [-0.4, -0.2) is 33.0 Å². The highest BCUT2D eigenvalue weighted by Gasteiger charge is 2.49. The molecule has 0 radical (unpaired) electrons. The second-order valence-corrected chi connectivity index (χ2v) is 11.1. The van der Waals surface area contributed by atoms with E-state index in [2.05, 4.69) is 0 Å². The van der Waals surface area contributed by atoms with Crippen LogP contribution in [-0.2, 0) is 22.7 Å². The van der Waals surface area contributed by atoms with Crippen molar-refractivity contribution in [2.75, 3.05) is 0 Å². The summed E-state index contributed by atoms with van der Waals surface area (Å²) in [5, 5.41) is 0. The van der Waals surface area contributed by atoms with Gasteiger partial charge in [-0.05, 0) is 35.5 Å². The smallest absolute Gasteiger partial charge is 0.303 e. The third-order valence-corrected chi connectivity index (χ3v) is 7.35. The predicted octanol–water partition coefficient (Wildman–Crippen LogP) is 4.21. The molecular weight excluding hydrogens is 394 g/mol. The number of hydrogen-bond donors (Lipinski definition) is 3. The van der Waals surface area contributed by atoms with Crippen molar-refractivity contribution in [2.45, 2.75) is 73.7 Å². The molecule has 0 heterocycles. The summed E-state index contributed by atoms with van der Waals surface area (Å²) in [6.07, 6.45) is -1.69. The second-order valence-electron chi connectivity index (χ2n) is 8.59. The van der Waals surface area contributed by atoms with E-state index in [9.17, 15) is 23.8 Å². The van der Waals surface area contributed by atoms with Gasteiger partial charge in [-0.2, -0.15) is 0 Å². The van der Waals surface area contributed by atoms with Crippen LogP contribution in [0.1, 0.15) is 55.4 Å². The average molecular weight is 430 g/mol. The van der Waals surface area contributed by atoms with Crippen LogP contribution < -0.4 is 0 Å². The fraction of sp³-hybridized carbons (Fsp3) is 1.00. The molecule has 1 rings (SSSR count). The van der Waals surface area contributed by atoms with Gasteiger partial charge in [0.1, 0.15) is 0 Å². The first-order chi connectivity index (χ1) is 12.1. The molecule has 0 aromatic rings. The zero-order valence-electron chi connectivity index (χ0n) is 17.5. The minimum atomic E-state index is -4.63. The number of hydrogen-bond acceptors (Lipinski definition) is 5. The molecule has 0 spiro atoms. The fourth-order valence-corrected chi connectivity index (χ4v) is 6.28. The maximum absolute atomic E-state index is 12.7. The first-order valence-corrected chi connectivity index (χ1v) is 12.5. The standard InChI is InChI=1S/C17H36O8P2/c1-9(2)15(10(3)4)24-27(21,22)25-17-13(7)11(5)16(12(6)14(17)8)23-26(18,19)20/h9-17H,1-8H3,(H,21,22)(H2,18,19,20). The maximum atomic E-state index is 12.7. The van der Waals surface area contributed by atoms with Crippen molar-refractivity contribution in [2.24, 2.45) is 35.5 Å². The van der Waals surface area contributed by atoms with Gasteiger partial charge in [-0.25, -0.2) is 9.13 Å². The highest BCUT2D eigenvalue weighted by atomic mass is 31.2. The van der Waals surface area contributed by atoms with E-state index in [-0.39, 0.29) is 35.5 Å². The van der Waals surface area contributed by atoms with Gasteiger partial charge < -0.3 is 14.7 Å². The Morgan fingerprint density at radius 1 is 0.704 bits per heavy atom. The SMILES string of the molecule is CC(C)C(OP(=O)(O)OC1C(C)C(C)C(OP(=O)(O)O)C(C)C1C)C(C)C. The van der Waals surface area contributed by atoms with Gasteiger partial charge in [-0.15, -0.1) is 0 Å². The average Bonchev–Trinajstić information content (AvgIpc) is 2.50. The molecule has 1 fully saturated rings. The molecule has 10 heteroatoms. The van der Waals surface area contributed by atoms with E-state index in [1.54, 1.807) is 13.8 Å². The van der Waals surface area contributed by atoms with E-state index in [1.165, 1.54) is 0 Å². The largest absolute Gasteiger partial charge is 0.472 e. The molecule has 0 saturated heterocycles. The third-order valence-electron chi connectivity index (χ3n) is 5.81. The Bertz CT molecular complexity index is 551. The van der Waals surface area contributed by atoms with Gasteiger partial charge in [0.15, 0.2) is 0 Å². The lowest BCUT2D eigenvalue weighted by atomic mass is 9.67.